The Morgan fingerprint density at radius 3 is 2.39 bits per heavy atom. The molecule has 0 aliphatic carbocycles. The van der Waals surface area contributed by atoms with E-state index in [0.29, 0.717) is 29.9 Å². The number of benzene rings is 2. The van der Waals surface area contributed by atoms with Crippen LogP contribution in [0.2, 0.25) is 0 Å². The highest BCUT2D eigenvalue weighted by molar-refractivity contribution is 5.97. The van der Waals surface area contributed by atoms with Crippen LogP contribution >= 0.6 is 0 Å². The molecule has 33 heavy (non-hydrogen) atoms. The molecule has 162 valence electrons. The number of rotatable bonds is 5. The Morgan fingerprint density at radius 2 is 1.64 bits per heavy atom. The molecule has 7 heteroatoms. The summed E-state index contributed by atoms with van der Waals surface area (Å²) in [6.07, 6.45) is 2.31. The quantitative estimate of drug-likeness (QED) is 0.416. The fraction of sp³-hybridized carbons (Fsp3) is 0.0769. The van der Waals surface area contributed by atoms with Crippen molar-refractivity contribution in [2.45, 2.75) is 6.42 Å². The first-order valence-corrected chi connectivity index (χ1v) is 10.6. The van der Waals surface area contributed by atoms with Crippen LogP contribution in [0, 0.1) is 5.41 Å². The van der Waals surface area contributed by atoms with E-state index >= 15 is 0 Å². The highest BCUT2D eigenvalue weighted by atomic mass is 16.1. The minimum Gasteiger partial charge on any atom is -0.352 e. The monoisotopic (exact) mass is 435 g/mol. The molecule has 5 rings (SSSR count). The Hall–Kier alpha value is -4.52. The van der Waals surface area contributed by atoms with Gasteiger partial charge in [0.1, 0.15) is 11.1 Å². The maximum absolute atomic E-state index is 13.3. The van der Waals surface area contributed by atoms with Gasteiger partial charge < -0.3 is 5.32 Å². The van der Waals surface area contributed by atoms with E-state index in [0.717, 1.165) is 5.56 Å². The fourth-order valence-corrected chi connectivity index (χ4v) is 3.89. The number of nitrogens with zero attached hydrogens (tertiary/aromatic N) is 3. The van der Waals surface area contributed by atoms with Crippen molar-refractivity contribution in [3.05, 3.63) is 118 Å². The Kier molecular flexibility index (Phi) is 5.28. The van der Waals surface area contributed by atoms with Crippen LogP contribution in [-0.2, 0) is 6.42 Å². The summed E-state index contributed by atoms with van der Waals surface area (Å²) < 4.78 is 2.99. The second-order valence-electron chi connectivity index (χ2n) is 7.65. The average molecular weight is 435 g/mol. The summed E-state index contributed by atoms with van der Waals surface area (Å²) in [6.45, 7) is 0.417. The lowest BCUT2D eigenvalue weighted by atomic mass is 10.1. The van der Waals surface area contributed by atoms with Gasteiger partial charge in [-0.1, -0.05) is 54.6 Å². The summed E-state index contributed by atoms with van der Waals surface area (Å²) in [5.74, 6) is -0.403. The van der Waals surface area contributed by atoms with E-state index in [-0.39, 0.29) is 22.0 Å². The van der Waals surface area contributed by atoms with Gasteiger partial charge >= 0.3 is 0 Å². The molecule has 0 spiro atoms. The maximum atomic E-state index is 13.3. The number of para-hydroxylation sites is 1. The van der Waals surface area contributed by atoms with Crippen LogP contribution in [0.4, 0.5) is 0 Å². The lowest BCUT2D eigenvalue weighted by Gasteiger charge is -2.15. The van der Waals surface area contributed by atoms with Gasteiger partial charge in [0.05, 0.1) is 10.9 Å². The Labute approximate surface area is 189 Å². The number of hydrogen-bond acceptors (Lipinski definition) is 4. The van der Waals surface area contributed by atoms with Gasteiger partial charge in [0.2, 0.25) is 0 Å². The van der Waals surface area contributed by atoms with Gasteiger partial charge in [-0.3, -0.25) is 24.0 Å². The number of hydrogen-bond donors (Lipinski definition) is 2. The third-order valence-electron chi connectivity index (χ3n) is 5.53. The molecule has 0 atom stereocenters. The third kappa shape index (κ3) is 3.80. The number of amides is 1. The highest BCUT2D eigenvalue weighted by Crippen LogP contribution is 2.15. The Morgan fingerprint density at radius 1 is 0.939 bits per heavy atom. The van der Waals surface area contributed by atoms with Crippen molar-refractivity contribution < 1.29 is 4.79 Å². The predicted octanol–water partition coefficient (Wildman–Crippen LogP) is 3.09. The molecule has 0 fully saturated rings. The van der Waals surface area contributed by atoms with Crippen LogP contribution in [0.5, 0.6) is 0 Å². The molecule has 0 saturated heterocycles. The van der Waals surface area contributed by atoms with E-state index in [4.69, 9.17) is 5.41 Å². The SMILES string of the molecule is N=c1c(C(=O)NCCc2ccccc2)cc2c(=O)n3ccccc3nc2n1-c1ccccc1. The van der Waals surface area contributed by atoms with Crippen molar-refractivity contribution in [2.75, 3.05) is 6.54 Å². The molecule has 7 nitrogen and oxygen atoms in total. The lowest BCUT2D eigenvalue weighted by molar-refractivity contribution is 0.0952. The molecule has 0 bridgehead atoms. The second-order valence-corrected chi connectivity index (χ2v) is 7.65. The van der Waals surface area contributed by atoms with E-state index < -0.39 is 5.91 Å². The number of carbonyl (C=O) groups excluding carboxylic acids is 1. The molecule has 1 amide bonds. The first-order valence-electron chi connectivity index (χ1n) is 10.6. The normalized spacial score (nSPS) is 11.0. The van der Waals surface area contributed by atoms with Gasteiger partial charge in [0.15, 0.2) is 5.65 Å². The number of carbonyl (C=O) groups is 1. The molecule has 0 aliphatic rings. The first kappa shape index (κ1) is 20.4. The van der Waals surface area contributed by atoms with Gasteiger partial charge in [-0.2, -0.15) is 0 Å². The molecular formula is C26H21N5O2. The summed E-state index contributed by atoms with van der Waals surface area (Å²) >= 11 is 0. The third-order valence-corrected chi connectivity index (χ3v) is 5.53. The molecular weight excluding hydrogens is 414 g/mol. The lowest BCUT2D eigenvalue weighted by Crippen LogP contribution is -2.35. The van der Waals surface area contributed by atoms with E-state index in [1.54, 1.807) is 29.0 Å². The molecule has 0 aliphatic heterocycles. The predicted molar refractivity (Wildman–Crippen MR) is 127 cm³/mol. The largest absolute Gasteiger partial charge is 0.352 e. The Bertz CT molecular complexity index is 1590. The highest BCUT2D eigenvalue weighted by Gasteiger charge is 2.18. The topological polar surface area (TPSA) is 92.2 Å². The van der Waals surface area contributed by atoms with Crippen LogP contribution in [0.15, 0.2) is 95.9 Å². The smallest absolute Gasteiger partial charge is 0.267 e. The summed E-state index contributed by atoms with van der Waals surface area (Å²) in [5.41, 5.74) is 2.36. The van der Waals surface area contributed by atoms with Crippen molar-refractivity contribution in [2.24, 2.45) is 0 Å². The van der Waals surface area contributed by atoms with E-state index in [2.05, 4.69) is 10.3 Å². The van der Waals surface area contributed by atoms with Gasteiger partial charge in [-0.15, -0.1) is 0 Å². The molecule has 2 N–H and O–H groups in total. The van der Waals surface area contributed by atoms with E-state index in [1.807, 2.05) is 60.7 Å². The number of fused-ring (bicyclic) bond motifs is 2. The van der Waals surface area contributed by atoms with Gasteiger partial charge in [-0.25, -0.2) is 4.98 Å². The Balaban J connectivity index is 1.65. The van der Waals surface area contributed by atoms with Crippen LogP contribution < -0.4 is 16.4 Å². The van der Waals surface area contributed by atoms with Crippen LogP contribution in [0.3, 0.4) is 0 Å². The molecule has 3 heterocycles. The van der Waals surface area contributed by atoms with Gasteiger partial charge in [-0.05, 0) is 42.3 Å². The van der Waals surface area contributed by atoms with Crippen LogP contribution in [0.1, 0.15) is 15.9 Å². The average Bonchev–Trinajstić information content (AvgIpc) is 2.85. The van der Waals surface area contributed by atoms with Crippen molar-refractivity contribution >= 4 is 22.6 Å². The minimum absolute atomic E-state index is 0.0295. The fourth-order valence-electron chi connectivity index (χ4n) is 3.89. The summed E-state index contributed by atoms with van der Waals surface area (Å²) in [6, 6.07) is 25.8. The van der Waals surface area contributed by atoms with Crippen LogP contribution in [-0.4, -0.2) is 26.4 Å². The van der Waals surface area contributed by atoms with Gasteiger partial charge in [0, 0.05) is 18.4 Å². The van der Waals surface area contributed by atoms with Gasteiger partial charge in [0.25, 0.3) is 11.5 Å². The number of aromatic nitrogens is 3. The van der Waals surface area contributed by atoms with E-state index in [1.165, 1.54) is 10.5 Å². The zero-order valence-corrected chi connectivity index (χ0v) is 17.7. The molecule has 0 unspecified atom stereocenters. The number of pyridine rings is 2. The van der Waals surface area contributed by atoms with Crippen molar-refractivity contribution in [1.82, 2.24) is 19.3 Å². The summed E-state index contributed by atoms with van der Waals surface area (Å²) in [5, 5.41) is 12.0. The van der Waals surface area contributed by atoms with E-state index in [9.17, 15) is 9.59 Å². The molecule has 3 aromatic heterocycles. The van der Waals surface area contributed by atoms with Crippen molar-refractivity contribution in [1.29, 1.82) is 5.41 Å². The molecule has 5 aromatic rings. The second kappa shape index (κ2) is 8.55. The summed E-state index contributed by atoms with van der Waals surface area (Å²) in [7, 11) is 0. The van der Waals surface area contributed by atoms with Crippen molar-refractivity contribution in [3.8, 4) is 5.69 Å². The zero-order chi connectivity index (χ0) is 22.8. The minimum atomic E-state index is -0.403. The molecule has 0 radical (unpaired) electrons. The molecule has 2 aromatic carbocycles. The van der Waals surface area contributed by atoms with Crippen LogP contribution in [0.25, 0.3) is 22.4 Å². The zero-order valence-electron chi connectivity index (χ0n) is 17.7. The number of nitrogens with one attached hydrogen (secondary N) is 2. The standard InChI is InChI=1S/C26H21N5O2/c27-23-20(25(32)28-15-14-18-9-3-1-4-10-18)17-21-24(31(23)19-11-5-2-6-12-19)29-22-13-7-8-16-30(22)26(21)33/h1-13,16-17,27H,14-15H2,(H,28,32). The maximum Gasteiger partial charge on any atom is 0.267 e. The summed E-state index contributed by atoms with van der Waals surface area (Å²) in [4.78, 5) is 31.0. The first-order chi connectivity index (χ1) is 16.1. The molecule has 0 saturated carbocycles. The van der Waals surface area contributed by atoms with Crippen molar-refractivity contribution in [3.63, 3.8) is 0 Å².